The summed E-state index contributed by atoms with van der Waals surface area (Å²) in [5.74, 6) is 0.940. The van der Waals surface area contributed by atoms with Crippen LogP contribution in [-0.2, 0) is 14.4 Å². The molecule has 3 atom stereocenters. The van der Waals surface area contributed by atoms with E-state index in [0.717, 1.165) is 12.1 Å². The molecule has 162 valence electrons. The number of hydrogen-bond acceptors (Lipinski definition) is 5. The second-order valence-electron chi connectivity index (χ2n) is 8.77. The fourth-order valence-electron chi connectivity index (χ4n) is 4.73. The normalized spacial score (nSPS) is 25.7. The molecule has 1 aromatic carbocycles. The Balaban J connectivity index is 1.32. The Kier molecular flexibility index (Phi) is 5.83. The molecule has 3 unspecified atom stereocenters. The quantitative estimate of drug-likeness (QED) is 0.768. The highest BCUT2D eigenvalue weighted by atomic mass is 16.5. The highest BCUT2D eigenvalue weighted by Crippen LogP contribution is 2.31. The summed E-state index contributed by atoms with van der Waals surface area (Å²) < 4.78 is 5.76. The van der Waals surface area contributed by atoms with Crippen LogP contribution in [0.15, 0.2) is 24.3 Å². The van der Waals surface area contributed by atoms with Gasteiger partial charge < -0.3 is 24.8 Å². The minimum Gasteiger partial charge on any atom is -0.484 e. The number of piperidine rings is 2. The highest BCUT2D eigenvalue weighted by molar-refractivity contribution is 5.84. The first-order valence-corrected chi connectivity index (χ1v) is 10.7. The first kappa shape index (κ1) is 20.5. The van der Waals surface area contributed by atoms with Crippen molar-refractivity contribution in [1.82, 2.24) is 15.1 Å². The molecule has 3 heterocycles. The van der Waals surface area contributed by atoms with Crippen molar-refractivity contribution < 1.29 is 19.1 Å². The van der Waals surface area contributed by atoms with Gasteiger partial charge in [-0.25, -0.2) is 0 Å². The van der Waals surface area contributed by atoms with Gasteiger partial charge in [0.05, 0.1) is 5.92 Å². The smallest absolute Gasteiger partial charge is 0.260 e. The zero-order valence-electron chi connectivity index (χ0n) is 17.7. The lowest BCUT2D eigenvalue weighted by atomic mass is 9.94. The lowest BCUT2D eigenvalue weighted by Crippen LogP contribution is -2.51. The lowest BCUT2D eigenvalue weighted by Gasteiger charge is -2.35. The number of nitrogens with one attached hydrogen (secondary N) is 1. The van der Waals surface area contributed by atoms with Crippen molar-refractivity contribution >= 4 is 23.4 Å². The molecule has 3 fully saturated rings. The molecular formula is C22H30N4O4. The standard InChI is InChI=1S/C22H30N4O4/c1-24(2)17-4-3-5-19(9-17)30-14-21(28)26-12-15-8-18(26)13-25(11-15)22(29)16-6-7-20(27)23-10-16/h3-5,9,15-16,18H,6-8,10-14H2,1-2H3,(H,23,27). The zero-order chi connectivity index (χ0) is 21.3. The largest absolute Gasteiger partial charge is 0.484 e. The topological polar surface area (TPSA) is 82.2 Å². The number of likely N-dealkylation sites (tertiary alicyclic amines) is 2. The van der Waals surface area contributed by atoms with E-state index in [9.17, 15) is 14.4 Å². The molecule has 3 amide bonds. The van der Waals surface area contributed by atoms with Gasteiger partial charge >= 0.3 is 0 Å². The van der Waals surface area contributed by atoms with Gasteiger partial charge in [0, 0.05) is 64.5 Å². The van der Waals surface area contributed by atoms with Crippen LogP contribution in [0.2, 0.25) is 0 Å². The number of fused-ring (bicyclic) bond motifs is 2. The van der Waals surface area contributed by atoms with Gasteiger partial charge in [0.25, 0.3) is 5.91 Å². The summed E-state index contributed by atoms with van der Waals surface area (Å²) in [6, 6.07) is 7.72. The van der Waals surface area contributed by atoms with E-state index in [-0.39, 0.29) is 36.3 Å². The number of carbonyl (C=O) groups is 3. The van der Waals surface area contributed by atoms with Gasteiger partial charge in [-0.2, -0.15) is 0 Å². The number of amides is 3. The molecule has 3 aliphatic rings. The zero-order valence-corrected chi connectivity index (χ0v) is 17.7. The average molecular weight is 415 g/mol. The third-order valence-electron chi connectivity index (χ3n) is 6.35. The van der Waals surface area contributed by atoms with Crippen LogP contribution < -0.4 is 15.0 Å². The maximum absolute atomic E-state index is 12.9. The van der Waals surface area contributed by atoms with E-state index in [1.54, 1.807) is 0 Å². The Morgan fingerprint density at radius 3 is 2.80 bits per heavy atom. The van der Waals surface area contributed by atoms with Crippen molar-refractivity contribution in [1.29, 1.82) is 0 Å². The Bertz CT molecular complexity index is 817. The van der Waals surface area contributed by atoms with Crippen LogP contribution in [0.25, 0.3) is 0 Å². The Labute approximate surface area is 177 Å². The van der Waals surface area contributed by atoms with E-state index in [1.165, 1.54) is 0 Å². The number of hydrogen-bond donors (Lipinski definition) is 1. The van der Waals surface area contributed by atoms with Gasteiger partial charge in [0.1, 0.15) is 5.75 Å². The minimum atomic E-state index is -0.142. The van der Waals surface area contributed by atoms with E-state index < -0.39 is 0 Å². The minimum absolute atomic E-state index is 0.00268. The molecule has 1 aromatic rings. The van der Waals surface area contributed by atoms with Crippen molar-refractivity contribution in [3.63, 3.8) is 0 Å². The van der Waals surface area contributed by atoms with Gasteiger partial charge in [-0.15, -0.1) is 0 Å². The number of anilines is 1. The summed E-state index contributed by atoms with van der Waals surface area (Å²) in [5, 5.41) is 2.79. The highest BCUT2D eigenvalue weighted by Gasteiger charge is 2.43. The summed E-state index contributed by atoms with van der Waals surface area (Å²) in [6.07, 6.45) is 1.96. The van der Waals surface area contributed by atoms with Crippen LogP contribution in [-0.4, -0.2) is 80.4 Å². The number of ether oxygens (including phenoxy) is 1. The fourth-order valence-corrected chi connectivity index (χ4v) is 4.73. The van der Waals surface area contributed by atoms with Gasteiger partial charge in [0.2, 0.25) is 11.8 Å². The summed E-state index contributed by atoms with van der Waals surface area (Å²) in [6.45, 7) is 2.36. The Morgan fingerprint density at radius 1 is 1.23 bits per heavy atom. The molecule has 0 spiro atoms. The van der Waals surface area contributed by atoms with Gasteiger partial charge in [-0.3, -0.25) is 14.4 Å². The molecule has 3 aliphatic heterocycles. The Morgan fingerprint density at radius 2 is 2.07 bits per heavy atom. The second kappa shape index (κ2) is 8.53. The van der Waals surface area contributed by atoms with Crippen molar-refractivity contribution in [3.05, 3.63) is 24.3 Å². The molecule has 0 radical (unpaired) electrons. The van der Waals surface area contributed by atoms with Crippen molar-refractivity contribution in [3.8, 4) is 5.75 Å². The molecule has 30 heavy (non-hydrogen) atoms. The molecule has 0 saturated carbocycles. The van der Waals surface area contributed by atoms with E-state index in [0.29, 0.717) is 50.7 Å². The molecule has 8 heteroatoms. The van der Waals surface area contributed by atoms with Crippen LogP contribution in [0, 0.1) is 11.8 Å². The Hall–Kier alpha value is -2.77. The van der Waals surface area contributed by atoms with Gasteiger partial charge in [-0.05, 0) is 30.9 Å². The fraction of sp³-hybridized carbons (Fsp3) is 0.591. The van der Waals surface area contributed by atoms with E-state index >= 15 is 0 Å². The SMILES string of the molecule is CN(C)c1cccc(OCC(=O)N2CC3CC2CN(C(=O)C2CCC(=O)NC2)C3)c1. The summed E-state index contributed by atoms with van der Waals surface area (Å²) in [5.41, 5.74) is 1.02. The summed E-state index contributed by atoms with van der Waals surface area (Å²) in [4.78, 5) is 42.9. The lowest BCUT2D eigenvalue weighted by molar-refractivity contribution is -0.141. The second-order valence-corrected chi connectivity index (χ2v) is 8.77. The molecule has 3 saturated heterocycles. The third kappa shape index (κ3) is 4.37. The number of benzene rings is 1. The number of carbonyl (C=O) groups excluding carboxylic acids is 3. The van der Waals surface area contributed by atoms with E-state index in [4.69, 9.17) is 4.74 Å². The van der Waals surface area contributed by atoms with Crippen LogP contribution in [0.5, 0.6) is 5.75 Å². The van der Waals surface area contributed by atoms with Crippen LogP contribution >= 0.6 is 0 Å². The maximum atomic E-state index is 12.9. The maximum Gasteiger partial charge on any atom is 0.260 e. The van der Waals surface area contributed by atoms with Crippen LogP contribution in [0.4, 0.5) is 5.69 Å². The third-order valence-corrected chi connectivity index (χ3v) is 6.35. The van der Waals surface area contributed by atoms with E-state index in [1.807, 2.05) is 53.1 Å². The predicted octanol–water partition coefficient (Wildman–Crippen LogP) is 0.717. The first-order chi connectivity index (χ1) is 14.4. The van der Waals surface area contributed by atoms with Crippen LogP contribution in [0.1, 0.15) is 19.3 Å². The molecule has 0 aliphatic carbocycles. The molecule has 1 N–H and O–H groups in total. The van der Waals surface area contributed by atoms with Gasteiger partial charge in [0.15, 0.2) is 6.61 Å². The number of nitrogens with zero attached hydrogens (tertiary/aromatic N) is 3. The van der Waals surface area contributed by atoms with Crippen molar-refractivity contribution in [2.24, 2.45) is 11.8 Å². The van der Waals surface area contributed by atoms with Gasteiger partial charge in [-0.1, -0.05) is 6.07 Å². The van der Waals surface area contributed by atoms with Crippen molar-refractivity contribution in [2.75, 3.05) is 51.8 Å². The molecule has 0 aromatic heterocycles. The summed E-state index contributed by atoms with van der Waals surface area (Å²) >= 11 is 0. The van der Waals surface area contributed by atoms with Crippen LogP contribution in [0.3, 0.4) is 0 Å². The average Bonchev–Trinajstić information content (AvgIpc) is 3.05. The molecule has 8 nitrogen and oxygen atoms in total. The first-order valence-electron chi connectivity index (χ1n) is 10.7. The number of rotatable bonds is 5. The molecule has 2 bridgehead atoms. The molecule has 4 rings (SSSR count). The summed E-state index contributed by atoms with van der Waals surface area (Å²) in [7, 11) is 3.92. The van der Waals surface area contributed by atoms with Crippen molar-refractivity contribution in [2.45, 2.75) is 25.3 Å². The predicted molar refractivity (Wildman–Crippen MR) is 112 cm³/mol. The van der Waals surface area contributed by atoms with E-state index in [2.05, 4.69) is 5.32 Å². The monoisotopic (exact) mass is 414 g/mol. The molecular weight excluding hydrogens is 384 g/mol.